The second-order valence-electron chi connectivity index (χ2n) is 5.97. The maximum atomic E-state index is 13.2. The van der Waals surface area contributed by atoms with Crippen molar-refractivity contribution in [3.05, 3.63) is 70.0 Å². The summed E-state index contributed by atoms with van der Waals surface area (Å²) in [7, 11) is 0. The number of rotatable bonds is 2. The first-order valence-corrected chi connectivity index (χ1v) is 7.63. The Morgan fingerprint density at radius 1 is 1.29 bits per heavy atom. The minimum absolute atomic E-state index is 0.353. The second kappa shape index (κ2) is 5.43. The summed E-state index contributed by atoms with van der Waals surface area (Å²) in [5.74, 6) is 0.0959. The van der Waals surface area contributed by atoms with Gasteiger partial charge in [-0.1, -0.05) is 48.9 Å². The van der Waals surface area contributed by atoms with Gasteiger partial charge in [-0.25, -0.2) is 4.39 Å². The fourth-order valence-electron chi connectivity index (χ4n) is 3.26. The van der Waals surface area contributed by atoms with Crippen LogP contribution in [0.3, 0.4) is 0 Å². The predicted molar refractivity (Wildman–Crippen MR) is 83.1 cm³/mol. The van der Waals surface area contributed by atoms with Crippen molar-refractivity contribution in [3.8, 4) is 0 Å². The van der Waals surface area contributed by atoms with Crippen LogP contribution in [0.15, 0.2) is 42.5 Å². The Morgan fingerprint density at radius 3 is 2.81 bits per heavy atom. The highest BCUT2D eigenvalue weighted by atomic mass is 35.5. The predicted octanol–water partition coefficient (Wildman–Crippen LogP) is 4.81. The Kier molecular flexibility index (Phi) is 3.76. The highest BCUT2D eigenvalue weighted by Crippen LogP contribution is 2.43. The molecule has 0 spiro atoms. The molecular weight excluding hydrogens is 287 g/mol. The summed E-state index contributed by atoms with van der Waals surface area (Å²) in [6.45, 7) is 2.18. The van der Waals surface area contributed by atoms with E-state index < -0.39 is 5.60 Å². The lowest BCUT2D eigenvalue weighted by Gasteiger charge is -2.37. The van der Waals surface area contributed by atoms with Crippen LogP contribution in [0.2, 0.25) is 5.02 Å². The molecule has 1 aliphatic carbocycles. The van der Waals surface area contributed by atoms with Crippen LogP contribution >= 0.6 is 11.6 Å². The standard InChI is InChI=1S/C18H18ClFO/c1-12-8-9-18(21,16-5-3-2-4-15(12)16)11-13-6-7-14(20)10-17(13)19/h2-7,10,12,21H,8-9,11H2,1H3. The van der Waals surface area contributed by atoms with E-state index in [9.17, 15) is 9.50 Å². The lowest BCUT2D eigenvalue weighted by molar-refractivity contribution is 0.0159. The molecule has 3 rings (SSSR count). The SMILES string of the molecule is CC1CCC(O)(Cc2ccc(F)cc2Cl)c2ccccc21. The van der Waals surface area contributed by atoms with Crippen molar-refractivity contribution in [2.24, 2.45) is 0 Å². The van der Waals surface area contributed by atoms with Gasteiger partial charge in [0.1, 0.15) is 5.82 Å². The molecule has 0 aliphatic heterocycles. The molecule has 0 saturated carbocycles. The molecular formula is C18H18ClFO. The molecule has 1 nitrogen and oxygen atoms in total. The van der Waals surface area contributed by atoms with Gasteiger partial charge < -0.3 is 5.11 Å². The van der Waals surface area contributed by atoms with Crippen LogP contribution in [0.25, 0.3) is 0 Å². The lowest BCUT2D eigenvalue weighted by atomic mass is 9.72. The molecule has 0 bridgehead atoms. The minimum atomic E-state index is -0.926. The van der Waals surface area contributed by atoms with Gasteiger partial charge in [-0.3, -0.25) is 0 Å². The van der Waals surface area contributed by atoms with E-state index in [1.54, 1.807) is 6.07 Å². The number of halogens is 2. The van der Waals surface area contributed by atoms with Crippen LogP contribution in [0.1, 0.15) is 42.4 Å². The van der Waals surface area contributed by atoms with Crippen LogP contribution in [0.4, 0.5) is 4.39 Å². The highest BCUT2D eigenvalue weighted by Gasteiger charge is 2.37. The summed E-state index contributed by atoms with van der Waals surface area (Å²) in [6, 6.07) is 12.4. The van der Waals surface area contributed by atoms with Crippen LogP contribution in [0.5, 0.6) is 0 Å². The molecule has 110 valence electrons. The van der Waals surface area contributed by atoms with E-state index in [0.717, 1.165) is 17.5 Å². The van der Waals surface area contributed by atoms with Gasteiger partial charge in [0.25, 0.3) is 0 Å². The molecule has 2 atom stereocenters. The Labute approximate surface area is 129 Å². The van der Waals surface area contributed by atoms with Crippen LogP contribution < -0.4 is 0 Å². The smallest absolute Gasteiger partial charge is 0.124 e. The van der Waals surface area contributed by atoms with Crippen LogP contribution in [-0.2, 0) is 12.0 Å². The molecule has 0 heterocycles. The van der Waals surface area contributed by atoms with Crippen molar-refractivity contribution < 1.29 is 9.50 Å². The summed E-state index contributed by atoms with van der Waals surface area (Å²) in [4.78, 5) is 0. The van der Waals surface area contributed by atoms with Gasteiger partial charge in [0, 0.05) is 11.4 Å². The van der Waals surface area contributed by atoms with Gasteiger partial charge in [-0.15, -0.1) is 0 Å². The quantitative estimate of drug-likeness (QED) is 0.844. The number of fused-ring (bicyclic) bond motifs is 1. The van der Waals surface area contributed by atoms with Gasteiger partial charge in [0.05, 0.1) is 5.60 Å². The molecule has 0 amide bonds. The van der Waals surface area contributed by atoms with E-state index in [-0.39, 0.29) is 5.82 Å². The Balaban J connectivity index is 2.00. The third-order valence-electron chi connectivity index (χ3n) is 4.48. The van der Waals surface area contributed by atoms with E-state index in [1.165, 1.54) is 17.7 Å². The molecule has 3 heteroatoms. The van der Waals surface area contributed by atoms with Gasteiger partial charge in [0.15, 0.2) is 0 Å². The van der Waals surface area contributed by atoms with Gasteiger partial charge in [-0.05, 0) is 47.6 Å². The summed E-state index contributed by atoms with van der Waals surface area (Å²) >= 11 is 6.12. The molecule has 2 aromatic carbocycles. The van der Waals surface area contributed by atoms with Gasteiger partial charge in [0.2, 0.25) is 0 Å². The number of aliphatic hydroxyl groups is 1. The topological polar surface area (TPSA) is 20.2 Å². The van der Waals surface area contributed by atoms with Crippen molar-refractivity contribution in [3.63, 3.8) is 0 Å². The zero-order chi connectivity index (χ0) is 15.0. The van der Waals surface area contributed by atoms with E-state index >= 15 is 0 Å². The van der Waals surface area contributed by atoms with Crippen molar-refractivity contribution in [1.29, 1.82) is 0 Å². The van der Waals surface area contributed by atoms with E-state index in [0.29, 0.717) is 23.8 Å². The molecule has 2 aromatic rings. The monoisotopic (exact) mass is 304 g/mol. The molecule has 0 radical (unpaired) electrons. The summed E-state index contributed by atoms with van der Waals surface area (Å²) < 4.78 is 13.2. The van der Waals surface area contributed by atoms with Gasteiger partial charge >= 0.3 is 0 Å². The zero-order valence-corrected chi connectivity index (χ0v) is 12.7. The molecule has 1 aliphatic rings. The van der Waals surface area contributed by atoms with Crippen molar-refractivity contribution in [2.45, 2.75) is 37.7 Å². The first kappa shape index (κ1) is 14.6. The fraction of sp³-hybridized carbons (Fsp3) is 0.333. The maximum Gasteiger partial charge on any atom is 0.124 e. The number of hydrogen-bond donors (Lipinski definition) is 1. The minimum Gasteiger partial charge on any atom is -0.385 e. The molecule has 21 heavy (non-hydrogen) atoms. The van der Waals surface area contributed by atoms with Crippen molar-refractivity contribution >= 4 is 11.6 Å². The van der Waals surface area contributed by atoms with Crippen LogP contribution in [0, 0.1) is 5.82 Å². The first-order chi connectivity index (χ1) is 9.99. The summed E-state index contributed by atoms with van der Waals surface area (Å²) in [5.41, 5.74) is 2.03. The fourth-order valence-corrected chi connectivity index (χ4v) is 3.49. The molecule has 0 fully saturated rings. The average Bonchev–Trinajstić information content (AvgIpc) is 2.47. The second-order valence-corrected chi connectivity index (χ2v) is 6.38. The number of benzene rings is 2. The molecule has 0 saturated heterocycles. The summed E-state index contributed by atoms with van der Waals surface area (Å²) in [5, 5.41) is 11.5. The van der Waals surface area contributed by atoms with E-state index in [4.69, 9.17) is 11.6 Å². The molecule has 1 N–H and O–H groups in total. The van der Waals surface area contributed by atoms with Crippen molar-refractivity contribution in [1.82, 2.24) is 0 Å². The molecule has 2 unspecified atom stereocenters. The Morgan fingerprint density at radius 2 is 2.05 bits per heavy atom. The lowest BCUT2D eigenvalue weighted by Crippen LogP contribution is -2.34. The first-order valence-electron chi connectivity index (χ1n) is 7.25. The molecule has 0 aromatic heterocycles. The Hall–Kier alpha value is -1.38. The maximum absolute atomic E-state index is 13.2. The third-order valence-corrected chi connectivity index (χ3v) is 4.83. The zero-order valence-electron chi connectivity index (χ0n) is 11.9. The highest BCUT2D eigenvalue weighted by molar-refractivity contribution is 6.31. The Bertz CT molecular complexity index is 670. The van der Waals surface area contributed by atoms with E-state index in [1.807, 2.05) is 18.2 Å². The average molecular weight is 305 g/mol. The summed E-state index contributed by atoms with van der Waals surface area (Å²) in [6.07, 6.45) is 2.04. The normalized spacial score (nSPS) is 24.7. The third kappa shape index (κ3) is 2.70. The number of hydrogen-bond acceptors (Lipinski definition) is 1. The van der Waals surface area contributed by atoms with E-state index in [2.05, 4.69) is 13.0 Å². The largest absolute Gasteiger partial charge is 0.385 e. The van der Waals surface area contributed by atoms with Crippen molar-refractivity contribution in [2.75, 3.05) is 0 Å². The van der Waals surface area contributed by atoms with Gasteiger partial charge in [-0.2, -0.15) is 0 Å². The van der Waals surface area contributed by atoms with Crippen LogP contribution in [-0.4, -0.2) is 5.11 Å².